The molecule has 3 atom stereocenters. The Morgan fingerprint density at radius 2 is 1.76 bits per heavy atom. The first kappa shape index (κ1) is 34.8. The molecule has 4 rings (SSSR count). The molecule has 1 amide bonds. The highest BCUT2D eigenvalue weighted by atomic mass is 32.2. The van der Waals surface area contributed by atoms with Gasteiger partial charge in [-0.15, -0.1) is 0 Å². The van der Waals surface area contributed by atoms with E-state index in [4.69, 9.17) is 5.41 Å². The summed E-state index contributed by atoms with van der Waals surface area (Å²) in [6.07, 6.45) is 2.34. The number of allylic oxidation sites excluding steroid dienone is 4. The molecule has 0 aliphatic carbocycles. The highest BCUT2D eigenvalue weighted by Gasteiger charge is 2.34. The molecule has 0 unspecified atom stereocenters. The van der Waals surface area contributed by atoms with Gasteiger partial charge in [0.1, 0.15) is 17.5 Å². The minimum atomic E-state index is -3.81. The lowest BCUT2D eigenvalue weighted by Gasteiger charge is -2.35. The van der Waals surface area contributed by atoms with Crippen LogP contribution in [0.1, 0.15) is 49.3 Å². The number of amides is 1. The molecule has 3 N–H and O–H groups in total. The van der Waals surface area contributed by atoms with Gasteiger partial charge < -0.3 is 16.0 Å². The van der Waals surface area contributed by atoms with E-state index in [0.717, 1.165) is 6.21 Å². The predicted octanol–water partition coefficient (Wildman–Crippen LogP) is 6.38. The minimum Gasteiger partial charge on any atom is -0.324 e. The van der Waals surface area contributed by atoms with E-state index in [1.54, 1.807) is 38.1 Å². The fraction of sp³-hybridized carbons (Fsp3) is 0.314. The van der Waals surface area contributed by atoms with Gasteiger partial charge in [-0.05, 0) is 79.8 Å². The zero-order valence-corrected chi connectivity index (χ0v) is 26.9. The maximum atomic E-state index is 15.4. The summed E-state index contributed by atoms with van der Waals surface area (Å²) in [4.78, 5) is 13.9. The number of hydrogen-bond acceptors (Lipinski definition) is 5. The standard InChI is InChI=1S/C35H39F3N4O3S/c1-4-32(38)31(15-14-29-22-40-16-17-42(29)46(44,45)30-8-6-5-7-9-30)33(21-39)41-35(43)24(3)34(25-10-12-27(36)13-11-25)26-18-23(2)19-28(37)20-26/h4-13,18-21,24,29,34,39-40H,14-17,22H2,1-3H3,(H,41,43)/b32-4+,33-31+,39-21?/t24-,29-,34-/m0/s1. The average molecular weight is 653 g/mol. The van der Waals surface area contributed by atoms with Crippen molar-refractivity contribution in [3.8, 4) is 0 Å². The third-order valence-electron chi connectivity index (χ3n) is 8.21. The summed E-state index contributed by atoms with van der Waals surface area (Å²) in [7, 11) is -3.81. The zero-order chi connectivity index (χ0) is 33.4. The Bertz CT molecular complexity index is 1690. The van der Waals surface area contributed by atoms with Crippen molar-refractivity contribution >= 4 is 22.1 Å². The number of carbonyl (C=O) groups excluding carboxylic acids is 1. The summed E-state index contributed by atoms with van der Waals surface area (Å²) >= 11 is 0. The quantitative estimate of drug-likeness (QED) is 0.156. The van der Waals surface area contributed by atoms with Crippen LogP contribution in [0.3, 0.4) is 0 Å². The lowest BCUT2D eigenvalue weighted by Crippen LogP contribution is -2.53. The van der Waals surface area contributed by atoms with Gasteiger partial charge in [0, 0.05) is 49.3 Å². The minimum absolute atomic E-state index is 0.0349. The van der Waals surface area contributed by atoms with Crippen molar-refractivity contribution in [2.75, 3.05) is 19.6 Å². The smallest absolute Gasteiger partial charge is 0.243 e. The normalized spacial score (nSPS) is 18.0. The molecule has 0 bridgehead atoms. The number of nitrogens with zero attached hydrogens (tertiary/aromatic N) is 1. The second-order valence-corrected chi connectivity index (χ2v) is 13.3. The van der Waals surface area contributed by atoms with Crippen LogP contribution in [-0.4, -0.2) is 50.5 Å². The van der Waals surface area contributed by atoms with Crippen molar-refractivity contribution in [1.82, 2.24) is 14.9 Å². The fourth-order valence-electron chi connectivity index (χ4n) is 5.88. The third-order valence-corrected chi connectivity index (χ3v) is 10.2. The largest absolute Gasteiger partial charge is 0.324 e. The number of halogens is 3. The molecule has 1 fully saturated rings. The lowest BCUT2D eigenvalue weighted by atomic mass is 9.80. The van der Waals surface area contributed by atoms with E-state index in [1.165, 1.54) is 65.8 Å². The van der Waals surface area contributed by atoms with E-state index in [0.29, 0.717) is 29.8 Å². The average Bonchev–Trinajstić information content (AvgIpc) is 3.05. The summed E-state index contributed by atoms with van der Waals surface area (Å²) in [5.74, 6) is -3.66. The van der Waals surface area contributed by atoms with Crippen molar-refractivity contribution in [3.05, 3.63) is 124 Å². The summed E-state index contributed by atoms with van der Waals surface area (Å²) in [6.45, 7) is 5.92. The topological polar surface area (TPSA) is 102 Å². The summed E-state index contributed by atoms with van der Waals surface area (Å²) < 4.78 is 72.0. The summed E-state index contributed by atoms with van der Waals surface area (Å²) in [5.41, 5.74) is 1.73. The van der Waals surface area contributed by atoms with Crippen LogP contribution in [0.15, 0.2) is 101 Å². The molecule has 3 aromatic carbocycles. The van der Waals surface area contributed by atoms with Crippen molar-refractivity contribution in [2.45, 2.75) is 50.5 Å². The molecule has 0 spiro atoms. The van der Waals surface area contributed by atoms with E-state index in [2.05, 4.69) is 10.6 Å². The van der Waals surface area contributed by atoms with Gasteiger partial charge in [-0.3, -0.25) is 4.79 Å². The Labute approximate surface area is 268 Å². The molecule has 46 heavy (non-hydrogen) atoms. The monoisotopic (exact) mass is 652 g/mol. The van der Waals surface area contributed by atoms with Crippen LogP contribution >= 0.6 is 0 Å². The van der Waals surface area contributed by atoms with E-state index < -0.39 is 51.3 Å². The number of sulfonamides is 1. The maximum Gasteiger partial charge on any atom is 0.243 e. The van der Waals surface area contributed by atoms with Gasteiger partial charge in [0.05, 0.1) is 10.6 Å². The molecule has 0 aromatic heterocycles. The van der Waals surface area contributed by atoms with Crippen LogP contribution in [0.25, 0.3) is 0 Å². The SMILES string of the molecule is C/C=C(F)\C(CC[C@H]1CNCCN1S(=O)(=O)c1ccccc1)=C(/C=N)NC(=O)[C@@H](C)[C@@H](c1ccc(F)cc1)c1cc(C)cc(F)c1. The molecule has 1 saturated heterocycles. The van der Waals surface area contributed by atoms with Gasteiger partial charge in [0.2, 0.25) is 15.9 Å². The van der Waals surface area contributed by atoms with E-state index in [1.807, 2.05) is 0 Å². The first-order valence-corrected chi connectivity index (χ1v) is 16.6. The van der Waals surface area contributed by atoms with Crippen molar-refractivity contribution in [1.29, 1.82) is 5.41 Å². The molecule has 1 aliphatic heterocycles. The summed E-state index contributed by atoms with van der Waals surface area (Å²) in [5, 5.41) is 14.0. The zero-order valence-electron chi connectivity index (χ0n) is 26.1. The first-order chi connectivity index (χ1) is 22.0. The lowest BCUT2D eigenvalue weighted by molar-refractivity contribution is -0.124. The van der Waals surface area contributed by atoms with Crippen LogP contribution in [0.4, 0.5) is 13.2 Å². The Morgan fingerprint density at radius 1 is 1.07 bits per heavy atom. The highest BCUT2D eigenvalue weighted by molar-refractivity contribution is 7.89. The Balaban J connectivity index is 1.62. The predicted molar refractivity (Wildman–Crippen MR) is 174 cm³/mol. The number of nitrogens with one attached hydrogen (secondary N) is 3. The number of carbonyl (C=O) groups is 1. The third kappa shape index (κ3) is 8.20. The van der Waals surface area contributed by atoms with Crippen LogP contribution in [0.2, 0.25) is 0 Å². The van der Waals surface area contributed by atoms with E-state index >= 15 is 4.39 Å². The van der Waals surface area contributed by atoms with Gasteiger partial charge in [0.15, 0.2) is 0 Å². The van der Waals surface area contributed by atoms with Crippen LogP contribution < -0.4 is 10.6 Å². The number of hydrogen-bond donors (Lipinski definition) is 3. The Hall–Kier alpha value is -4.06. The number of benzene rings is 3. The fourth-order valence-corrected chi connectivity index (χ4v) is 7.56. The van der Waals surface area contributed by atoms with Gasteiger partial charge >= 0.3 is 0 Å². The van der Waals surface area contributed by atoms with E-state index in [-0.39, 0.29) is 35.6 Å². The molecular formula is C35H39F3N4O3S. The Kier molecular flexibility index (Phi) is 11.7. The van der Waals surface area contributed by atoms with Gasteiger partial charge in [-0.2, -0.15) is 4.31 Å². The van der Waals surface area contributed by atoms with Gasteiger partial charge in [-0.1, -0.05) is 49.4 Å². The number of rotatable bonds is 12. The highest BCUT2D eigenvalue weighted by Crippen LogP contribution is 2.34. The number of aryl methyl sites for hydroxylation is 1. The second-order valence-electron chi connectivity index (χ2n) is 11.4. The summed E-state index contributed by atoms with van der Waals surface area (Å²) in [6, 6.07) is 17.7. The molecule has 0 radical (unpaired) electrons. The Morgan fingerprint density at radius 3 is 2.39 bits per heavy atom. The molecule has 7 nitrogen and oxygen atoms in total. The number of piperazine rings is 1. The molecule has 0 saturated carbocycles. The molecular weight excluding hydrogens is 613 g/mol. The maximum absolute atomic E-state index is 15.4. The van der Waals surface area contributed by atoms with Crippen LogP contribution in [0, 0.1) is 29.9 Å². The van der Waals surface area contributed by atoms with Gasteiger partial charge in [-0.25, -0.2) is 21.6 Å². The van der Waals surface area contributed by atoms with Crippen LogP contribution in [-0.2, 0) is 14.8 Å². The molecule has 244 valence electrons. The molecule has 11 heteroatoms. The van der Waals surface area contributed by atoms with Gasteiger partial charge in [0.25, 0.3) is 0 Å². The molecule has 3 aromatic rings. The second kappa shape index (κ2) is 15.5. The van der Waals surface area contributed by atoms with Crippen molar-refractivity contribution in [2.24, 2.45) is 5.92 Å². The molecule has 1 aliphatic rings. The first-order valence-electron chi connectivity index (χ1n) is 15.1. The molecule has 1 heterocycles. The van der Waals surface area contributed by atoms with Crippen molar-refractivity contribution in [3.63, 3.8) is 0 Å². The van der Waals surface area contributed by atoms with E-state index in [9.17, 15) is 22.0 Å². The van der Waals surface area contributed by atoms with Crippen molar-refractivity contribution < 1.29 is 26.4 Å². The van der Waals surface area contributed by atoms with Crippen LogP contribution in [0.5, 0.6) is 0 Å².